The first-order valence-corrected chi connectivity index (χ1v) is 6.86. The number of fused-ring (bicyclic) bond motifs is 1. The number of pyridine rings is 1. The monoisotopic (exact) mass is 260 g/mol. The highest BCUT2D eigenvalue weighted by Gasteiger charge is 2.51. The van der Waals surface area contributed by atoms with Gasteiger partial charge >= 0.3 is 7.12 Å². The Morgan fingerprint density at radius 3 is 2.47 bits per heavy atom. The van der Waals surface area contributed by atoms with E-state index in [1.165, 1.54) is 5.56 Å². The summed E-state index contributed by atoms with van der Waals surface area (Å²) in [5.41, 5.74) is 1.71. The number of hydrogen-bond donors (Lipinski definition) is 0. The molecule has 0 spiro atoms. The number of aromatic nitrogens is 1. The van der Waals surface area contributed by atoms with Gasteiger partial charge in [-0.3, -0.25) is 0 Å². The van der Waals surface area contributed by atoms with Crippen molar-refractivity contribution in [3.8, 4) is 0 Å². The molecule has 0 aromatic carbocycles. The van der Waals surface area contributed by atoms with Crippen LogP contribution in [-0.2, 0) is 15.7 Å². The zero-order chi connectivity index (χ0) is 13.8. The fourth-order valence-corrected chi connectivity index (χ4v) is 2.55. The molecule has 1 aromatic rings. The molecule has 5 heteroatoms. The second-order valence-corrected chi connectivity index (χ2v) is 6.51. The van der Waals surface area contributed by atoms with Crippen LogP contribution in [0.25, 0.3) is 0 Å². The Kier molecular flexibility index (Phi) is 2.70. The topological polar surface area (TPSA) is 34.6 Å². The molecule has 2 aliphatic heterocycles. The van der Waals surface area contributed by atoms with E-state index < -0.39 is 0 Å². The maximum Gasteiger partial charge on any atom is 0.496 e. The number of rotatable bonds is 1. The first-order chi connectivity index (χ1) is 8.80. The van der Waals surface area contributed by atoms with Crippen LogP contribution in [-0.4, -0.2) is 36.9 Å². The summed E-state index contributed by atoms with van der Waals surface area (Å²) < 4.78 is 12.1. The molecule has 1 fully saturated rings. The van der Waals surface area contributed by atoms with E-state index in [1.807, 2.05) is 6.20 Å². The molecule has 1 saturated heterocycles. The molecule has 102 valence electrons. The SMILES string of the molecule is CN1CCc2cc(B3OC(C)(C)C(C)(C)O3)cnc21. The Labute approximate surface area is 115 Å². The van der Waals surface area contributed by atoms with Crippen molar-refractivity contribution in [3.63, 3.8) is 0 Å². The van der Waals surface area contributed by atoms with E-state index >= 15 is 0 Å². The molecular formula is C14H21BN2O2. The third-order valence-electron chi connectivity index (χ3n) is 4.57. The summed E-state index contributed by atoms with van der Waals surface area (Å²) in [5, 5.41) is 0. The third kappa shape index (κ3) is 1.96. The number of likely N-dealkylation sites (N-methyl/N-ethyl adjacent to an activating group) is 1. The molecule has 0 bridgehead atoms. The van der Waals surface area contributed by atoms with Gasteiger partial charge in [-0.15, -0.1) is 0 Å². The molecular weight excluding hydrogens is 239 g/mol. The predicted octanol–water partition coefficient (Wildman–Crippen LogP) is 1.37. The van der Waals surface area contributed by atoms with Crippen molar-refractivity contribution < 1.29 is 9.31 Å². The van der Waals surface area contributed by atoms with Gasteiger partial charge in [0.25, 0.3) is 0 Å². The summed E-state index contributed by atoms with van der Waals surface area (Å²) in [4.78, 5) is 6.73. The first-order valence-electron chi connectivity index (χ1n) is 6.86. The van der Waals surface area contributed by atoms with E-state index in [-0.39, 0.29) is 18.3 Å². The number of nitrogens with zero attached hydrogens (tertiary/aromatic N) is 2. The van der Waals surface area contributed by atoms with Crippen molar-refractivity contribution in [1.82, 2.24) is 4.98 Å². The lowest BCUT2D eigenvalue weighted by atomic mass is 9.79. The van der Waals surface area contributed by atoms with Gasteiger partial charge in [0.2, 0.25) is 0 Å². The summed E-state index contributed by atoms with van der Waals surface area (Å²) in [6, 6.07) is 2.17. The van der Waals surface area contributed by atoms with Crippen molar-refractivity contribution in [3.05, 3.63) is 17.8 Å². The molecule has 1 aromatic heterocycles. The van der Waals surface area contributed by atoms with Crippen LogP contribution in [0.1, 0.15) is 33.3 Å². The molecule has 0 unspecified atom stereocenters. The van der Waals surface area contributed by atoms with E-state index in [0.29, 0.717) is 0 Å². The lowest BCUT2D eigenvalue weighted by Gasteiger charge is -2.32. The molecule has 0 radical (unpaired) electrons. The molecule has 3 heterocycles. The number of anilines is 1. The zero-order valence-electron chi connectivity index (χ0n) is 12.4. The second-order valence-electron chi connectivity index (χ2n) is 6.51. The Morgan fingerprint density at radius 2 is 1.84 bits per heavy atom. The van der Waals surface area contributed by atoms with Gasteiger partial charge in [-0.1, -0.05) is 6.07 Å². The van der Waals surface area contributed by atoms with Crippen LogP contribution in [0.15, 0.2) is 12.3 Å². The zero-order valence-corrected chi connectivity index (χ0v) is 12.4. The van der Waals surface area contributed by atoms with Gasteiger partial charge in [0, 0.05) is 25.3 Å². The second kappa shape index (κ2) is 3.96. The van der Waals surface area contributed by atoms with E-state index in [2.05, 4.69) is 50.7 Å². The number of hydrogen-bond acceptors (Lipinski definition) is 4. The van der Waals surface area contributed by atoms with Crippen LogP contribution >= 0.6 is 0 Å². The highest BCUT2D eigenvalue weighted by molar-refractivity contribution is 6.62. The van der Waals surface area contributed by atoms with Crippen molar-refractivity contribution in [2.75, 3.05) is 18.5 Å². The fourth-order valence-electron chi connectivity index (χ4n) is 2.55. The molecule has 2 aliphatic rings. The van der Waals surface area contributed by atoms with E-state index in [1.54, 1.807) is 0 Å². The summed E-state index contributed by atoms with van der Waals surface area (Å²) in [5.74, 6) is 1.08. The van der Waals surface area contributed by atoms with Gasteiger partial charge in [0.15, 0.2) is 0 Å². The maximum absolute atomic E-state index is 6.06. The molecule has 0 amide bonds. The molecule has 4 nitrogen and oxygen atoms in total. The van der Waals surface area contributed by atoms with Gasteiger partial charge in [0.1, 0.15) is 5.82 Å². The quantitative estimate of drug-likeness (QED) is 0.714. The van der Waals surface area contributed by atoms with Crippen molar-refractivity contribution in [1.29, 1.82) is 0 Å². The molecule has 0 aliphatic carbocycles. The Balaban J connectivity index is 1.89. The highest BCUT2D eigenvalue weighted by Crippen LogP contribution is 2.36. The average Bonchev–Trinajstić information content (AvgIpc) is 2.78. The lowest BCUT2D eigenvalue weighted by molar-refractivity contribution is 0.00578. The van der Waals surface area contributed by atoms with Gasteiger partial charge in [-0.25, -0.2) is 4.98 Å². The van der Waals surface area contributed by atoms with Gasteiger partial charge in [0.05, 0.1) is 11.2 Å². The molecule has 0 atom stereocenters. The third-order valence-corrected chi connectivity index (χ3v) is 4.57. The van der Waals surface area contributed by atoms with E-state index in [4.69, 9.17) is 9.31 Å². The standard InChI is InChI=1S/C14H21BN2O2/c1-13(2)14(3,4)19-15(18-13)11-8-10-6-7-17(5)12(10)16-9-11/h8-9H,6-7H2,1-5H3. The maximum atomic E-state index is 6.06. The van der Waals surface area contributed by atoms with Crippen molar-refractivity contribution in [2.24, 2.45) is 0 Å². The Morgan fingerprint density at radius 1 is 1.21 bits per heavy atom. The molecule has 19 heavy (non-hydrogen) atoms. The van der Waals surface area contributed by atoms with Crippen LogP contribution in [0.5, 0.6) is 0 Å². The minimum Gasteiger partial charge on any atom is -0.399 e. The van der Waals surface area contributed by atoms with Gasteiger partial charge < -0.3 is 14.2 Å². The smallest absolute Gasteiger partial charge is 0.399 e. The summed E-state index contributed by atoms with van der Waals surface area (Å²) in [7, 11) is 1.77. The van der Waals surface area contributed by atoms with Crippen molar-refractivity contribution >= 4 is 18.4 Å². The van der Waals surface area contributed by atoms with Crippen LogP contribution in [0.3, 0.4) is 0 Å². The minimum absolute atomic E-state index is 0.298. The molecule has 0 N–H and O–H groups in total. The van der Waals surface area contributed by atoms with Crippen LogP contribution in [0, 0.1) is 0 Å². The van der Waals surface area contributed by atoms with E-state index in [9.17, 15) is 0 Å². The normalized spacial score (nSPS) is 23.8. The first kappa shape index (κ1) is 12.9. The van der Waals surface area contributed by atoms with Gasteiger partial charge in [-0.2, -0.15) is 0 Å². The van der Waals surface area contributed by atoms with Crippen LogP contribution in [0.2, 0.25) is 0 Å². The lowest BCUT2D eigenvalue weighted by Crippen LogP contribution is -2.41. The minimum atomic E-state index is -0.311. The van der Waals surface area contributed by atoms with Crippen molar-refractivity contribution in [2.45, 2.75) is 45.3 Å². The predicted molar refractivity (Wildman–Crippen MR) is 76.9 cm³/mol. The highest BCUT2D eigenvalue weighted by atomic mass is 16.7. The Hall–Kier alpha value is -1.07. The fraction of sp³-hybridized carbons (Fsp3) is 0.643. The van der Waals surface area contributed by atoms with Crippen LogP contribution in [0.4, 0.5) is 5.82 Å². The summed E-state index contributed by atoms with van der Waals surface area (Å²) >= 11 is 0. The average molecular weight is 260 g/mol. The van der Waals surface area contributed by atoms with Crippen LogP contribution < -0.4 is 10.4 Å². The molecule has 0 saturated carbocycles. The largest absolute Gasteiger partial charge is 0.496 e. The van der Waals surface area contributed by atoms with Gasteiger partial charge in [-0.05, 0) is 39.7 Å². The summed E-state index contributed by atoms with van der Waals surface area (Å²) in [6.07, 6.45) is 2.93. The van der Waals surface area contributed by atoms with E-state index in [0.717, 1.165) is 24.2 Å². The summed E-state index contributed by atoms with van der Waals surface area (Å²) in [6.45, 7) is 9.32. The molecule has 3 rings (SSSR count). The Bertz CT molecular complexity index is 500.